The predicted octanol–water partition coefficient (Wildman–Crippen LogP) is 15.4. The minimum absolute atomic E-state index is 0.189. The molecule has 0 aliphatic carbocycles. The predicted molar refractivity (Wildman–Crippen MR) is 357 cm³/mol. The van der Waals surface area contributed by atoms with Crippen LogP contribution < -0.4 is 0 Å². The van der Waals surface area contributed by atoms with Crippen LogP contribution in [0.3, 0.4) is 0 Å². The fourth-order valence-electron chi connectivity index (χ4n) is 12.3. The van der Waals surface area contributed by atoms with E-state index in [1.165, 1.54) is 34.0 Å². The highest BCUT2D eigenvalue weighted by atomic mass is 32.1. The molecule has 9 aromatic heterocycles. The van der Waals surface area contributed by atoms with Crippen molar-refractivity contribution in [1.29, 1.82) is 0 Å². The molecule has 6 amide bonds. The van der Waals surface area contributed by atoms with Crippen LogP contribution in [0.5, 0.6) is 0 Å². The Balaban J connectivity index is 0.755. The maximum atomic E-state index is 13.9. The number of hydrogen-bond acceptors (Lipinski definition) is 15. The van der Waals surface area contributed by atoms with Gasteiger partial charge in [0.1, 0.15) is 0 Å². The number of likely N-dealkylation sites (N-methyl/N-ethyl adjacent to an activating group) is 6. The third kappa shape index (κ3) is 8.10. The summed E-state index contributed by atoms with van der Waals surface area (Å²) in [6.45, 7) is 0. The van der Waals surface area contributed by atoms with Gasteiger partial charge in [-0.05, 0) is 142 Å². The summed E-state index contributed by atoms with van der Waals surface area (Å²) in [5.74, 6) is -1.13. The zero-order valence-corrected chi connectivity index (χ0v) is 54.0. The van der Waals surface area contributed by atoms with Crippen molar-refractivity contribution in [2.75, 3.05) is 42.3 Å². The number of fused-ring (bicyclic) bond motifs is 3. The summed E-state index contributed by atoms with van der Waals surface area (Å²) in [7, 11) is 10.4. The summed E-state index contributed by atoms with van der Waals surface area (Å²) in [6.07, 6.45) is 0. The van der Waals surface area contributed by atoms with Gasteiger partial charge in [-0.15, -0.1) is 102 Å². The SMILES string of the molecule is CN1C(=O)C2=C(c3ccc(-c4ccc(-c5cc(-c6ccc(-c7ccc(C8=C9C(=O)N(C)C(c%10cccs%10)=C9C(=O)N8C)s7)s6)cc(-c6ccc(-c7ccc(C8=C9C(=O)N(C)C(c%10cccs%10)=C9C(=O)N8C)s7)s6)c5)s4)s3)N(C)C(=O)C2=C1c1cccs1. The molecule has 0 fully saturated rings. The van der Waals surface area contributed by atoms with Crippen molar-refractivity contribution in [1.82, 2.24) is 29.4 Å². The molecule has 1 aromatic carbocycles. The van der Waals surface area contributed by atoms with Crippen LogP contribution in [0.15, 0.2) is 177 Å². The summed E-state index contributed by atoms with van der Waals surface area (Å²) in [5, 5.41) is 5.85. The zero-order valence-electron chi connectivity index (χ0n) is 46.7. The van der Waals surface area contributed by atoms with E-state index in [1.807, 2.05) is 70.7 Å². The Bertz CT molecular complexity index is 4440. The number of rotatable bonds is 12. The van der Waals surface area contributed by atoms with Crippen LogP contribution in [0.1, 0.15) is 29.3 Å². The van der Waals surface area contributed by atoms with E-state index in [9.17, 15) is 28.8 Å². The molecular formula is C66H42N6O6S9. The third-order valence-electron chi connectivity index (χ3n) is 16.4. The molecule has 0 atom stereocenters. The topological polar surface area (TPSA) is 122 Å². The molecule has 0 bridgehead atoms. The molecule has 6 aliphatic heterocycles. The zero-order chi connectivity index (χ0) is 59.6. The van der Waals surface area contributed by atoms with Crippen LogP contribution in [0.4, 0.5) is 0 Å². The van der Waals surface area contributed by atoms with Crippen molar-refractivity contribution >= 4 is 172 Å². The highest BCUT2D eigenvalue weighted by Gasteiger charge is 2.50. The second kappa shape index (κ2) is 20.2. The average molecular weight is 1300 g/mol. The third-order valence-corrected chi connectivity index (χ3v) is 26.3. The fourth-order valence-corrected chi connectivity index (χ4v) is 21.2. The molecule has 16 rings (SSSR count). The van der Waals surface area contributed by atoms with Crippen LogP contribution in [0, 0.1) is 0 Å². The maximum absolute atomic E-state index is 13.9. The lowest BCUT2D eigenvalue weighted by atomic mass is 10.0. The first-order chi connectivity index (χ1) is 42.1. The van der Waals surface area contributed by atoms with Gasteiger partial charge < -0.3 is 29.4 Å². The summed E-state index contributed by atoms with van der Waals surface area (Å²) >= 11 is 14.3. The first-order valence-electron chi connectivity index (χ1n) is 27.2. The molecule has 0 N–H and O–H groups in total. The van der Waals surface area contributed by atoms with Crippen molar-refractivity contribution in [2.24, 2.45) is 0 Å². The highest BCUT2D eigenvalue weighted by Crippen LogP contribution is 2.53. The van der Waals surface area contributed by atoms with Gasteiger partial charge in [-0.3, -0.25) is 28.8 Å². The van der Waals surface area contributed by atoms with Crippen molar-refractivity contribution in [2.45, 2.75) is 0 Å². The number of carbonyl (C=O) groups is 6. The molecule has 21 heteroatoms. The van der Waals surface area contributed by atoms with Crippen LogP contribution in [0.25, 0.3) is 94.8 Å². The molecule has 426 valence electrons. The smallest absolute Gasteiger partial charge is 0.261 e. The minimum Gasteiger partial charge on any atom is -0.309 e. The number of nitrogens with zero attached hydrogens (tertiary/aromatic N) is 6. The van der Waals surface area contributed by atoms with Gasteiger partial charge in [-0.2, -0.15) is 0 Å². The van der Waals surface area contributed by atoms with E-state index in [2.05, 4.69) is 72.8 Å². The standard InChI is InChI=1S/C66H42N6O6S9/c1-67-55(43-10-7-25-79-43)49-52(64(67)76)58(70(4)61(49)73)46-22-19-40(85-46)37-16-13-34(82-37)31-28-32(35-14-17-38(83-35)41-20-23-47(86-41)59-53-50(62(74)71(59)5)56(68(2)65(53)77)44-11-8-26-80-44)30-33(29-31)36-15-18-39(84-36)42-21-24-48(87-42)60-54-51(63(75)72(60)6)57(69(3)66(54)78)45-12-9-27-81-45/h7-30H,1-6H3. The van der Waals surface area contributed by atoms with Gasteiger partial charge in [-0.25, -0.2) is 0 Å². The molecule has 0 radical (unpaired) electrons. The Morgan fingerprint density at radius 1 is 0.230 bits per heavy atom. The molecule has 0 saturated carbocycles. The molecule has 15 heterocycles. The molecule has 0 spiro atoms. The number of thiophene rings is 9. The van der Waals surface area contributed by atoms with Gasteiger partial charge in [0.25, 0.3) is 35.4 Å². The van der Waals surface area contributed by atoms with Gasteiger partial charge in [0.2, 0.25) is 0 Å². The van der Waals surface area contributed by atoms with E-state index < -0.39 is 0 Å². The number of hydrogen-bond donors (Lipinski definition) is 0. The normalized spacial score (nSPS) is 17.0. The van der Waals surface area contributed by atoms with Crippen molar-refractivity contribution in [3.8, 4) is 60.6 Å². The van der Waals surface area contributed by atoms with Crippen LogP contribution in [-0.2, 0) is 28.8 Å². The molecular weight excluding hydrogens is 1260 g/mol. The monoisotopic (exact) mass is 1300 g/mol. The number of carbonyl (C=O) groups excluding carboxylic acids is 6. The number of benzene rings is 1. The second-order valence-corrected chi connectivity index (χ2v) is 30.6. The molecule has 0 saturated heterocycles. The van der Waals surface area contributed by atoms with E-state index >= 15 is 0 Å². The Labute approximate surface area is 534 Å². The van der Waals surface area contributed by atoms with E-state index in [1.54, 1.807) is 140 Å². The Morgan fingerprint density at radius 3 is 0.621 bits per heavy atom. The quantitative estimate of drug-likeness (QED) is 0.120. The van der Waals surface area contributed by atoms with E-state index in [4.69, 9.17) is 0 Å². The summed E-state index contributed by atoms with van der Waals surface area (Å²) < 4.78 is 0. The van der Waals surface area contributed by atoms with E-state index in [-0.39, 0.29) is 35.4 Å². The van der Waals surface area contributed by atoms with Crippen molar-refractivity contribution < 1.29 is 28.8 Å². The Hall–Kier alpha value is -8.22. The fraction of sp³-hybridized carbons (Fsp3) is 0.0909. The van der Waals surface area contributed by atoms with Crippen LogP contribution in [0.2, 0.25) is 0 Å². The van der Waals surface area contributed by atoms with Gasteiger partial charge in [0.05, 0.1) is 96.9 Å². The molecule has 6 aliphatic rings. The van der Waals surface area contributed by atoms with Gasteiger partial charge in [-0.1, -0.05) is 18.2 Å². The Morgan fingerprint density at radius 2 is 0.414 bits per heavy atom. The van der Waals surface area contributed by atoms with E-state index in [0.29, 0.717) is 67.6 Å². The average Bonchev–Trinajstić information content (AvgIpc) is 1.59. The number of amides is 6. The van der Waals surface area contributed by atoms with Gasteiger partial charge >= 0.3 is 0 Å². The van der Waals surface area contributed by atoms with Crippen LogP contribution >= 0.6 is 102 Å². The lowest BCUT2D eigenvalue weighted by Gasteiger charge is -2.18. The van der Waals surface area contributed by atoms with Gasteiger partial charge in [0.15, 0.2) is 0 Å². The Kier molecular flexibility index (Phi) is 12.6. The van der Waals surface area contributed by atoms with Crippen LogP contribution in [-0.4, -0.2) is 107 Å². The first kappa shape index (κ1) is 54.2. The molecule has 12 nitrogen and oxygen atoms in total. The summed E-state index contributed by atoms with van der Waals surface area (Å²) in [5.41, 5.74) is 9.63. The van der Waals surface area contributed by atoms with E-state index in [0.717, 1.165) is 89.8 Å². The largest absolute Gasteiger partial charge is 0.309 e. The maximum Gasteiger partial charge on any atom is 0.261 e. The second-order valence-electron chi connectivity index (χ2n) is 21.2. The summed E-state index contributed by atoms with van der Waals surface area (Å²) in [6, 6.07) is 43.5. The van der Waals surface area contributed by atoms with Crippen molar-refractivity contribution in [3.63, 3.8) is 0 Å². The lowest BCUT2D eigenvalue weighted by Crippen LogP contribution is -2.24. The van der Waals surface area contributed by atoms with Crippen molar-refractivity contribution in [3.05, 3.63) is 206 Å². The lowest BCUT2D eigenvalue weighted by molar-refractivity contribution is -0.123. The minimum atomic E-state index is -0.189. The molecule has 10 aromatic rings. The highest BCUT2D eigenvalue weighted by molar-refractivity contribution is 7.26. The first-order valence-corrected chi connectivity index (χ1v) is 34.7. The summed E-state index contributed by atoms with van der Waals surface area (Å²) in [4.78, 5) is 108. The molecule has 0 unspecified atom stereocenters. The van der Waals surface area contributed by atoms with Gasteiger partial charge in [0, 0.05) is 86.2 Å². The molecule has 87 heavy (non-hydrogen) atoms.